The molecule has 0 bridgehead atoms. The molecule has 154 valence electrons. The molecule has 0 spiro atoms. The van der Waals surface area contributed by atoms with E-state index in [1.807, 2.05) is 54.6 Å². The number of aromatic nitrogens is 2. The largest absolute Gasteiger partial charge is 0.325 e. The zero-order chi connectivity index (χ0) is 21.2. The summed E-state index contributed by atoms with van der Waals surface area (Å²) in [5.41, 5.74) is 4.07. The molecule has 5 rings (SSSR count). The second kappa shape index (κ2) is 8.23. The molecule has 3 heterocycles. The summed E-state index contributed by atoms with van der Waals surface area (Å²) in [6.45, 7) is 1.63. The number of benzene rings is 2. The third-order valence-electron chi connectivity index (χ3n) is 5.10. The quantitative estimate of drug-likeness (QED) is 0.673. The summed E-state index contributed by atoms with van der Waals surface area (Å²) in [6.07, 6.45) is 1.41. The van der Waals surface area contributed by atoms with Crippen molar-refractivity contribution >= 4 is 34.2 Å². The van der Waals surface area contributed by atoms with E-state index >= 15 is 0 Å². The standard InChI is InChI=1S/C23H19N5O2S/c29-21(13-27-15-25-19(12-22(27)30)16-4-2-1-3-5-16)26-18-8-6-17(7-9-18)20-14-31-23-24-10-11-28(20)23/h1-9,12,14-15H,10-11,13H2,(H,26,29). The van der Waals surface area contributed by atoms with Gasteiger partial charge in [-0.25, -0.2) is 4.98 Å². The number of anilines is 1. The summed E-state index contributed by atoms with van der Waals surface area (Å²) in [7, 11) is 0. The molecule has 2 aliphatic rings. The fourth-order valence-electron chi connectivity index (χ4n) is 3.54. The zero-order valence-corrected chi connectivity index (χ0v) is 17.4. The van der Waals surface area contributed by atoms with Crippen LogP contribution in [0.3, 0.4) is 0 Å². The predicted molar refractivity (Wildman–Crippen MR) is 124 cm³/mol. The normalized spacial score (nSPS) is 14.8. The first-order valence-electron chi connectivity index (χ1n) is 9.88. The first kappa shape index (κ1) is 19.3. The van der Waals surface area contributed by atoms with E-state index in [9.17, 15) is 9.59 Å². The number of thioether (sulfide) groups is 1. The Balaban J connectivity index is 1.24. The van der Waals surface area contributed by atoms with Crippen molar-refractivity contribution in [2.75, 3.05) is 18.4 Å². The van der Waals surface area contributed by atoms with Crippen molar-refractivity contribution in [1.29, 1.82) is 0 Å². The molecule has 8 heteroatoms. The van der Waals surface area contributed by atoms with Gasteiger partial charge in [0.05, 0.1) is 24.3 Å². The Kier molecular flexibility index (Phi) is 5.13. The lowest BCUT2D eigenvalue weighted by atomic mass is 10.1. The lowest BCUT2D eigenvalue weighted by Crippen LogP contribution is -2.27. The van der Waals surface area contributed by atoms with Crippen LogP contribution in [0.4, 0.5) is 5.69 Å². The van der Waals surface area contributed by atoms with Gasteiger partial charge in [0.25, 0.3) is 5.56 Å². The van der Waals surface area contributed by atoms with Crippen LogP contribution in [-0.4, -0.2) is 38.6 Å². The van der Waals surface area contributed by atoms with Gasteiger partial charge in [0.2, 0.25) is 5.91 Å². The van der Waals surface area contributed by atoms with Gasteiger partial charge < -0.3 is 10.2 Å². The van der Waals surface area contributed by atoms with Gasteiger partial charge in [0.1, 0.15) is 6.54 Å². The van der Waals surface area contributed by atoms with Crippen molar-refractivity contribution < 1.29 is 4.79 Å². The minimum Gasteiger partial charge on any atom is -0.325 e. The average molecular weight is 430 g/mol. The second-order valence-corrected chi connectivity index (χ2v) is 8.01. The molecule has 0 radical (unpaired) electrons. The van der Waals surface area contributed by atoms with Crippen molar-refractivity contribution in [3.63, 3.8) is 0 Å². The number of carbonyl (C=O) groups excluding carboxylic acids is 1. The van der Waals surface area contributed by atoms with Crippen LogP contribution in [-0.2, 0) is 11.3 Å². The molecule has 1 amide bonds. The van der Waals surface area contributed by atoms with Gasteiger partial charge in [-0.1, -0.05) is 54.2 Å². The van der Waals surface area contributed by atoms with Crippen LogP contribution < -0.4 is 10.9 Å². The molecule has 1 N–H and O–H groups in total. The maximum atomic E-state index is 12.4. The molecule has 2 aliphatic heterocycles. The number of amidine groups is 1. The van der Waals surface area contributed by atoms with Gasteiger partial charge in [-0.05, 0) is 17.7 Å². The molecule has 0 aliphatic carbocycles. The second-order valence-electron chi connectivity index (χ2n) is 7.17. The van der Waals surface area contributed by atoms with Crippen molar-refractivity contribution in [2.45, 2.75) is 6.54 Å². The van der Waals surface area contributed by atoms with Crippen LogP contribution in [0.2, 0.25) is 0 Å². The Hall–Kier alpha value is -3.65. The molecular formula is C23H19N5O2S. The molecular weight excluding hydrogens is 410 g/mol. The Bertz CT molecular complexity index is 1250. The van der Waals surface area contributed by atoms with E-state index in [1.165, 1.54) is 17.0 Å². The minimum atomic E-state index is -0.284. The molecule has 3 aromatic rings. The minimum absolute atomic E-state index is 0.0992. The fourth-order valence-corrected chi connectivity index (χ4v) is 4.50. The summed E-state index contributed by atoms with van der Waals surface area (Å²) in [5.74, 6) is -0.284. The number of nitrogens with one attached hydrogen (secondary N) is 1. The smallest absolute Gasteiger partial charge is 0.254 e. The van der Waals surface area contributed by atoms with Crippen molar-refractivity contribution in [2.24, 2.45) is 4.99 Å². The van der Waals surface area contributed by atoms with Crippen LogP contribution in [0.15, 0.2) is 82.2 Å². The number of amides is 1. The number of hydrogen-bond acceptors (Lipinski definition) is 6. The topological polar surface area (TPSA) is 79.6 Å². The van der Waals surface area contributed by atoms with Crippen LogP contribution in [0.1, 0.15) is 5.56 Å². The predicted octanol–water partition coefficient (Wildman–Crippen LogP) is 3.27. The maximum absolute atomic E-state index is 12.4. The fraction of sp³-hybridized carbons (Fsp3) is 0.130. The van der Waals surface area contributed by atoms with E-state index in [4.69, 9.17) is 0 Å². The van der Waals surface area contributed by atoms with Crippen LogP contribution in [0, 0.1) is 0 Å². The average Bonchev–Trinajstić information content (AvgIpc) is 3.41. The van der Waals surface area contributed by atoms with Crippen molar-refractivity contribution in [1.82, 2.24) is 14.5 Å². The summed E-state index contributed by atoms with van der Waals surface area (Å²) in [4.78, 5) is 35.8. The first-order valence-corrected chi connectivity index (χ1v) is 10.8. The number of rotatable bonds is 5. The summed E-state index contributed by atoms with van der Waals surface area (Å²) in [5, 5.41) is 5.99. The van der Waals surface area contributed by atoms with Crippen LogP contribution >= 0.6 is 11.8 Å². The van der Waals surface area contributed by atoms with Gasteiger partial charge >= 0.3 is 0 Å². The van der Waals surface area contributed by atoms with Gasteiger partial charge in [0, 0.05) is 29.3 Å². The Morgan fingerprint density at radius 1 is 1.06 bits per heavy atom. The highest BCUT2D eigenvalue weighted by atomic mass is 32.2. The third kappa shape index (κ3) is 4.02. The van der Waals surface area contributed by atoms with Gasteiger partial charge in [-0.2, -0.15) is 0 Å². The maximum Gasteiger partial charge on any atom is 0.254 e. The molecule has 0 fully saturated rings. The van der Waals surface area contributed by atoms with Gasteiger partial charge in [-0.3, -0.25) is 19.1 Å². The van der Waals surface area contributed by atoms with E-state index in [-0.39, 0.29) is 18.0 Å². The van der Waals surface area contributed by atoms with Gasteiger partial charge in [0.15, 0.2) is 5.17 Å². The SMILES string of the molecule is O=C(Cn1cnc(-c2ccccc2)cc1=O)Nc1ccc(C2=CSC3=NCCN23)cc1. The Morgan fingerprint density at radius 2 is 1.87 bits per heavy atom. The monoisotopic (exact) mass is 429 g/mol. The number of carbonyl (C=O) groups is 1. The van der Waals surface area contributed by atoms with E-state index in [1.54, 1.807) is 11.8 Å². The number of hydrogen-bond donors (Lipinski definition) is 1. The molecule has 7 nitrogen and oxygen atoms in total. The highest BCUT2D eigenvalue weighted by molar-refractivity contribution is 8.16. The molecule has 0 unspecified atom stereocenters. The zero-order valence-electron chi connectivity index (χ0n) is 16.6. The number of fused-ring (bicyclic) bond motifs is 1. The summed E-state index contributed by atoms with van der Waals surface area (Å²) in [6, 6.07) is 18.6. The molecule has 0 saturated heterocycles. The number of aliphatic imine (C=N–C) groups is 1. The Morgan fingerprint density at radius 3 is 2.65 bits per heavy atom. The first-order chi connectivity index (χ1) is 15.2. The molecule has 0 atom stereocenters. The molecule has 2 aromatic carbocycles. The number of nitrogens with zero attached hydrogens (tertiary/aromatic N) is 4. The summed E-state index contributed by atoms with van der Waals surface area (Å²) < 4.78 is 1.30. The summed E-state index contributed by atoms with van der Waals surface area (Å²) >= 11 is 1.64. The Labute approximate surface area is 183 Å². The molecule has 31 heavy (non-hydrogen) atoms. The van der Waals surface area contributed by atoms with Crippen LogP contribution in [0.5, 0.6) is 0 Å². The molecule has 0 saturated carbocycles. The van der Waals surface area contributed by atoms with E-state index < -0.39 is 0 Å². The highest BCUT2D eigenvalue weighted by Gasteiger charge is 2.26. The van der Waals surface area contributed by atoms with Gasteiger partial charge in [-0.15, -0.1) is 0 Å². The van der Waals surface area contributed by atoms with E-state index in [0.717, 1.165) is 35.1 Å². The van der Waals surface area contributed by atoms with Crippen molar-refractivity contribution in [3.8, 4) is 11.3 Å². The van der Waals surface area contributed by atoms with E-state index in [2.05, 4.69) is 25.6 Å². The van der Waals surface area contributed by atoms with Crippen LogP contribution in [0.25, 0.3) is 17.0 Å². The third-order valence-corrected chi connectivity index (χ3v) is 6.00. The van der Waals surface area contributed by atoms with Crippen molar-refractivity contribution in [3.05, 3.63) is 88.3 Å². The van der Waals surface area contributed by atoms with E-state index in [0.29, 0.717) is 11.4 Å². The lowest BCUT2D eigenvalue weighted by molar-refractivity contribution is -0.116. The lowest BCUT2D eigenvalue weighted by Gasteiger charge is -2.17. The molecule has 1 aromatic heterocycles. The highest BCUT2D eigenvalue weighted by Crippen LogP contribution is 2.35.